The predicted molar refractivity (Wildman–Crippen MR) is 103 cm³/mol. The molecule has 0 atom stereocenters. The van der Waals surface area contributed by atoms with Gasteiger partial charge < -0.3 is 4.42 Å². The van der Waals surface area contributed by atoms with Crippen molar-refractivity contribution in [3.05, 3.63) is 82.2 Å². The van der Waals surface area contributed by atoms with Crippen molar-refractivity contribution in [2.75, 3.05) is 6.54 Å². The molecule has 0 aliphatic heterocycles. The predicted octanol–water partition coefficient (Wildman–Crippen LogP) is 2.48. The molecule has 140 valence electrons. The monoisotopic (exact) mass is 385 g/mol. The van der Waals surface area contributed by atoms with Crippen molar-refractivity contribution in [3.63, 3.8) is 0 Å². The summed E-state index contributed by atoms with van der Waals surface area (Å²) >= 11 is 0. The van der Waals surface area contributed by atoms with Crippen molar-refractivity contribution in [1.82, 2.24) is 14.5 Å². The van der Waals surface area contributed by atoms with Crippen LogP contribution in [0.3, 0.4) is 0 Å². The van der Waals surface area contributed by atoms with Gasteiger partial charge in [0.05, 0.1) is 6.26 Å². The molecule has 27 heavy (non-hydrogen) atoms. The van der Waals surface area contributed by atoms with Crippen LogP contribution in [-0.4, -0.2) is 24.7 Å². The minimum Gasteiger partial charge on any atom is -0.463 e. The second kappa shape index (κ2) is 8.61. The zero-order chi connectivity index (χ0) is 19.1. The summed E-state index contributed by atoms with van der Waals surface area (Å²) in [4.78, 5) is 11.9. The Bertz CT molecular complexity index is 1060. The summed E-state index contributed by atoms with van der Waals surface area (Å²) in [7, 11) is -3.54. The van der Waals surface area contributed by atoms with Gasteiger partial charge in [-0.25, -0.2) is 17.8 Å². The summed E-state index contributed by atoms with van der Waals surface area (Å²) in [5.41, 5.74) is 1.09. The lowest BCUT2D eigenvalue weighted by Gasteiger charge is -2.06. The average Bonchev–Trinajstić information content (AvgIpc) is 3.21. The van der Waals surface area contributed by atoms with E-state index in [1.807, 2.05) is 30.3 Å². The molecule has 0 amide bonds. The molecule has 8 heteroatoms. The van der Waals surface area contributed by atoms with Gasteiger partial charge in [-0.05, 0) is 36.3 Å². The topological polar surface area (TPSA) is 94.2 Å². The van der Waals surface area contributed by atoms with E-state index in [1.165, 1.54) is 23.1 Å². The number of nitrogens with one attached hydrogen (secondary N) is 1. The standard InChI is InChI=1S/C19H19N3O4S/c23-19-10-9-17(18-8-4-14-26-18)21-22(19)13-5-12-20-27(24,25)15-11-16-6-2-1-3-7-16/h1-4,6-11,14-15,20H,5,12-13H2/b15-11+. The first-order valence-electron chi connectivity index (χ1n) is 8.38. The van der Waals surface area contributed by atoms with Gasteiger partial charge in [0.25, 0.3) is 5.56 Å². The van der Waals surface area contributed by atoms with Crippen LogP contribution in [0.4, 0.5) is 0 Å². The van der Waals surface area contributed by atoms with E-state index in [0.29, 0.717) is 17.9 Å². The Balaban J connectivity index is 1.55. The van der Waals surface area contributed by atoms with Gasteiger partial charge in [0, 0.05) is 24.6 Å². The summed E-state index contributed by atoms with van der Waals surface area (Å²) in [5, 5.41) is 5.37. The highest BCUT2D eigenvalue weighted by molar-refractivity contribution is 7.92. The van der Waals surface area contributed by atoms with Gasteiger partial charge in [0.2, 0.25) is 10.0 Å². The second-order valence-electron chi connectivity index (χ2n) is 5.76. The third kappa shape index (κ3) is 5.50. The highest BCUT2D eigenvalue weighted by Crippen LogP contribution is 2.15. The average molecular weight is 385 g/mol. The maximum Gasteiger partial charge on any atom is 0.266 e. The van der Waals surface area contributed by atoms with E-state index in [2.05, 4.69) is 9.82 Å². The van der Waals surface area contributed by atoms with E-state index in [9.17, 15) is 13.2 Å². The lowest BCUT2D eigenvalue weighted by molar-refractivity contribution is 0.531. The Kier molecular flexibility index (Phi) is 6.00. The summed E-state index contributed by atoms with van der Waals surface area (Å²) in [6.07, 6.45) is 3.48. The molecule has 0 unspecified atom stereocenters. The van der Waals surface area contributed by atoms with Gasteiger partial charge >= 0.3 is 0 Å². The molecule has 2 aromatic heterocycles. The van der Waals surface area contributed by atoms with Gasteiger partial charge in [0.1, 0.15) is 5.69 Å². The number of rotatable bonds is 8. The molecule has 3 aromatic rings. The van der Waals surface area contributed by atoms with Crippen LogP contribution in [0, 0.1) is 0 Å². The van der Waals surface area contributed by atoms with Crippen molar-refractivity contribution in [2.24, 2.45) is 0 Å². The van der Waals surface area contributed by atoms with E-state index >= 15 is 0 Å². The zero-order valence-electron chi connectivity index (χ0n) is 14.5. The van der Waals surface area contributed by atoms with Crippen LogP contribution in [0.2, 0.25) is 0 Å². The maximum absolute atomic E-state index is 12.0. The molecule has 3 rings (SSSR count). The van der Waals surface area contributed by atoms with Crippen molar-refractivity contribution in [3.8, 4) is 11.5 Å². The Morgan fingerprint density at radius 3 is 2.63 bits per heavy atom. The van der Waals surface area contributed by atoms with Crippen LogP contribution < -0.4 is 10.3 Å². The Morgan fingerprint density at radius 1 is 1.07 bits per heavy atom. The SMILES string of the molecule is O=c1ccc(-c2ccco2)nn1CCCNS(=O)(=O)/C=C/c1ccccc1. The van der Waals surface area contributed by atoms with Crippen LogP contribution in [0.1, 0.15) is 12.0 Å². The number of sulfonamides is 1. The van der Waals surface area contributed by atoms with Gasteiger partial charge in [-0.15, -0.1) is 0 Å². The first-order valence-corrected chi connectivity index (χ1v) is 9.93. The fourth-order valence-electron chi connectivity index (χ4n) is 2.39. The fraction of sp³-hybridized carbons (Fsp3) is 0.158. The number of hydrogen-bond acceptors (Lipinski definition) is 5. The highest BCUT2D eigenvalue weighted by atomic mass is 32.2. The molecule has 0 spiro atoms. The number of furan rings is 1. The molecule has 0 saturated heterocycles. The Hall–Kier alpha value is -2.97. The molecule has 7 nitrogen and oxygen atoms in total. The largest absolute Gasteiger partial charge is 0.463 e. The number of benzene rings is 1. The minimum absolute atomic E-state index is 0.195. The second-order valence-corrected chi connectivity index (χ2v) is 7.41. The quantitative estimate of drug-likeness (QED) is 0.601. The Labute approximate surface area is 157 Å². The van der Waals surface area contributed by atoms with Gasteiger partial charge in [-0.2, -0.15) is 5.10 Å². The number of aryl methyl sites for hydroxylation is 1. The molecular formula is C19H19N3O4S. The lowest BCUT2D eigenvalue weighted by Crippen LogP contribution is -2.27. The van der Waals surface area contributed by atoms with Crippen molar-refractivity contribution < 1.29 is 12.8 Å². The smallest absolute Gasteiger partial charge is 0.266 e. The molecule has 0 saturated carbocycles. The molecule has 0 aliphatic carbocycles. The molecular weight excluding hydrogens is 366 g/mol. The molecule has 1 N–H and O–H groups in total. The van der Waals surface area contributed by atoms with E-state index in [4.69, 9.17) is 4.42 Å². The summed E-state index contributed by atoms with van der Waals surface area (Å²) in [5.74, 6) is 0.565. The summed E-state index contributed by atoms with van der Waals surface area (Å²) in [6.45, 7) is 0.485. The molecule has 0 fully saturated rings. The normalized spacial score (nSPS) is 11.9. The first kappa shape index (κ1) is 18.8. The Morgan fingerprint density at radius 2 is 1.89 bits per heavy atom. The van der Waals surface area contributed by atoms with Crippen molar-refractivity contribution in [1.29, 1.82) is 0 Å². The van der Waals surface area contributed by atoms with Crippen molar-refractivity contribution >= 4 is 16.1 Å². The molecule has 0 aliphatic rings. The zero-order valence-corrected chi connectivity index (χ0v) is 15.3. The molecule has 1 aromatic carbocycles. The highest BCUT2D eigenvalue weighted by Gasteiger charge is 2.07. The molecule has 2 heterocycles. The maximum atomic E-state index is 12.0. The van der Waals surface area contributed by atoms with Gasteiger partial charge in [-0.3, -0.25) is 4.79 Å². The van der Waals surface area contributed by atoms with E-state index < -0.39 is 10.0 Å². The van der Waals surface area contributed by atoms with Crippen LogP contribution in [0.15, 0.2) is 75.5 Å². The number of nitrogens with zero attached hydrogens (tertiary/aromatic N) is 2. The fourth-order valence-corrected chi connectivity index (χ4v) is 3.25. The lowest BCUT2D eigenvalue weighted by atomic mass is 10.2. The van der Waals surface area contributed by atoms with Crippen LogP contribution in [0.5, 0.6) is 0 Å². The number of hydrogen-bond donors (Lipinski definition) is 1. The van der Waals surface area contributed by atoms with E-state index in [-0.39, 0.29) is 18.6 Å². The third-order valence-electron chi connectivity index (χ3n) is 3.73. The van der Waals surface area contributed by atoms with Crippen LogP contribution in [0.25, 0.3) is 17.5 Å². The molecule has 0 bridgehead atoms. The van der Waals surface area contributed by atoms with Crippen LogP contribution >= 0.6 is 0 Å². The summed E-state index contributed by atoms with van der Waals surface area (Å²) < 4.78 is 33.0. The van der Waals surface area contributed by atoms with Crippen LogP contribution in [-0.2, 0) is 16.6 Å². The van der Waals surface area contributed by atoms with Crippen molar-refractivity contribution in [2.45, 2.75) is 13.0 Å². The first-order chi connectivity index (χ1) is 13.0. The third-order valence-corrected chi connectivity index (χ3v) is 4.83. The number of aromatic nitrogens is 2. The van der Waals surface area contributed by atoms with Gasteiger partial charge in [0.15, 0.2) is 5.76 Å². The summed E-state index contributed by atoms with van der Waals surface area (Å²) in [6, 6.07) is 15.7. The van der Waals surface area contributed by atoms with E-state index in [0.717, 1.165) is 11.0 Å². The minimum atomic E-state index is -3.54. The van der Waals surface area contributed by atoms with Gasteiger partial charge in [-0.1, -0.05) is 30.3 Å². The van der Waals surface area contributed by atoms with E-state index in [1.54, 1.807) is 18.2 Å². The molecule has 0 radical (unpaired) electrons.